The molecule has 0 bridgehead atoms. The number of rotatable bonds is 9. The van der Waals surface area contributed by atoms with Gasteiger partial charge in [-0.15, -0.1) is 0 Å². The van der Waals surface area contributed by atoms with Gasteiger partial charge >= 0.3 is 12.6 Å². The molecule has 1 aliphatic heterocycles. The van der Waals surface area contributed by atoms with Crippen molar-refractivity contribution >= 4 is 18.1 Å². The molecule has 9 nitrogen and oxygen atoms in total. The minimum atomic E-state index is -3.55. The van der Waals surface area contributed by atoms with E-state index in [0.29, 0.717) is 5.56 Å². The first kappa shape index (κ1) is 30.2. The van der Waals surface area contributed by atoms with Gasteiger partial charge in [0.25, 0.3) is 5.56 Å². The lowest BCUT2D eigenvalue weighted by atomic mass is 9.74. The number of benzene rings is 3. The number of morpholine rings is 1. The van der Waals surface area contributed by atoms with E-state index in [1.54, 1.807) is 27.2 Å². The lowest BCUT2D eigenvalue weighted by molar-refractivity contribution is -0.126. The van der Waals surface area contributed by atoms with Gasteiger partial charge in [-0.2, -0.15) is 0 Å². The number of ether oxygens (including phenoxy) is 1. The molecule has 3 unspecified atom stereocenters. The fraction of sp³-hybridized carbons (Fsp3) is 0.290. The first-order valence-corrected chi connectivity index (χ1v) is 16.1. The van der Waals surface area contributed by atoms with Gasteiger partial charge in [0.15, 0.2) is 0 Å². The normalized spacial score (nSPS) is 19.5. The van der Waals surface area contributed by atoms with Crippen LogP contribution in [0.25, 0.3) is 0 Å². The molecule has 1 aromatic heterocycles. The van der Waals surface area contributed by atoms with Crippen LogP contribution in [0.15, 0.2) is 107 Å². The molecule has 11 heteroatoms. The molecule has 42 heavy (non-hydrogen) atoms. The first-order valence-electron chi connectivity index (χ1n) is 13.6. The second kappa shape index (κ2) is 12.5. The quantitative estimate of drug-likeness (QED) is 0.212. The van der Waals surface area contributed by atoms with Crippen molar-refractivity contribution in [1.82, 2.24) is 19.1 Å². The lowest BCUT2D eigenvalue weighted by Crippen LogP contribution is -2.60. The number of aromatic amines is 1. The number of H-pyrrole nitrogens is 1. The number of halogens is 1. The minimum Gasteiger partial charge on any atom is -0.371 e. The molecule has 1 fully saturated rings. The van der Waals surface area contributed by atoms with Crippen molar-refractivity contribution in [3.63, 3.8) is 0 Å². The van der Waals surface area contributed by atoms with Gasteiger partial charge in [0.05, 0.1) is 24.9 Å². The Bertz CT molecular complexity index is 1570. The van der Waals surface area contributed by atoms with E-state index >= 15 is 0 Å². The highest BCUT2D eigenvalue weighted by atomic mass is 35.7. The van der Waals surface area contributed by atoms with E-state index < -0.39 is 35.9 Å². The first-order chi connectivity index (χ1) is 20.1. The largest absolute Gasteiger partial charge is 0.371 e. The summed E-state index contributed by atoms with van der Waals surface area (Å²) in [5, 5.41) is 0. The number of hydrogen-bond donors (Lipinski definition) is 1. The predicted molar refractivity (Wildman–Crippen MR) is 164 cm³/mol. The fourth-order valence-corrected chi connectivity index (χ4v) is 6.28. The summed E-state index contributed by atoms with van der Waals surface area (Å²) < 4.78 is 27.6. The minimum absolute atomic E-state index is 0.0316. The summed E-state index contributed by atoms with van der Waals surface area (Å²) in [6, 6.07) is 30.2. The van der Waals surface area contributed by atoms with Crippen LogP contribution in [-0.4, -0.2) is 59.1 Å². The monoisotopic (exact) mass is 608 g/mol. The molecule has 0 amide bonds. The topological polar surface area (TPSA) is 96.9 Å². The van der Waals surface area contributed by atoms with Gasteiger partial charge in [-0.25, -0.2) is 9.46 Å². The van der Waals surface area contributed by atoms with Crippen LogP contribution in [0.5, 0.6) is 0 Å². The van der Waals surface area contributed by atoms with Crippen LogP contribution in [0.1, 0.15) is 28.4 Å². The van der Waals surface area contributed by atoms with Crippen molar-refractivity contribution in [1.29, 1.82) is 0 Å². The highest BCUT2D eigenvalue weighted by Gasteiger charge is 2.49. The van der Waals surface area contributed by atoms with Crippen LogP contribution in [0, 0.1) is 6.92 Å². The summed E-state index contributed by atoms with van der Waals surface area (Å²) in [7, 11) is 3.18. The third-order valence-corrected chi connectivity index (χ3v) is 10.2. The molecule has 0 spiro atoms. The average molecular weight is 609 g/mol. The van der Waals surface area contributed by atoms with E-state index in [9.17, 15) is 14.2 Å². The van der Waals surface area contributed by atoms with E-state index in [4.69, 9.17) is 20.5 Å². The van der Waals surface area contributed by atoms with E-state index in [2.05, 4.69) is 46.3 Å². The predicted octanol–water partition coefficient (Wildman–Crippen LogP) is 4.96. The second-order valence-corrected chi connectivity index (χ2v) is 13.7. The third-order valence-electron chi connectivity index (χ3n) is 7.61. The summed E-state index contributed by atoms with van der Waals surface area (Å²) in [4.78, 5) is 30.3. The smallest absolute Gasteiger partial charge is 0.362 e. The van der Waals surface area contributed by atoms with Crippen molar-refractivity contribution in [2.45, 2.75) is 24.7 Å². The number of aromatic nitrogens is 2. The van der Waals surface area contributed by atoms with Crippen LogP contribution in [-0.2, 0) is 19.4 Å². The Morgan fingerprint density at radius 3 is 1.93 bits per heavy atom. The number of hydrogen-bond acceptors (Lipinski definition) is 6. The van der Waals surface area contributed by atoms with Gasteiger partial charge < -0.3 is 9.26 Å². The molecule has 5 rings (SSSR count). The highest BCUT2D eigenvalue weighted by Crippen LogP contribution is 2.54. The molecular formula is C31H34ClN4O5P. The zero-order chi connectivity index (χ0) is 29.9. The lowest BCUT2D eigenvalue weighted by Gasteiger charge is -2.52. The number of nitrogens with zero attached hydrogens (tertiary/aromatic N) is 3. The molecular weight excluding hydrogens is 575 g/mol. The zero-order valence-corrected chi connectivity index (χ0v) is 25.4. The number of nitrogens with one attached hydrogen (secondary N) is 1. The van der Waals surface area contributed by atoms with Crippen LogP contribution >= 0.6 is 18.1 Å². The van der Waals surface area contributed by atoms with Crippen molar-refractivity contribution in [3.8, 4) is 0 Å². The van der Waals surface area contributed by atoms with E-state index in [1.807, 2.05) is 54.6 Å². The number of aryl methyl sites for hydroxylation is 1. The fourth-order valence-electron chi connectivity index (χ4n) is 5.53. The molecule has 3 atom stereocenters. The van der Waals surface area contributed by atoms with Gasteiger partial charge in [-0.1, -0.05) is 91.0 Å². The molecule has 1 N–H and O–H groups in total. The molecule has 0 aliphatic carbocycles. The summed E-state index contributed by atoms with van der Waals surface area (Å²) >= 11 is 6.19. The summed E-state index contributed by atoms with van der Waals surface area (Å²) in [6.07, 6.45) is 0.397. The van der Waals surface area contributed by atoms with Crippen molar-refractivity contribution in [3.05, 3.63) is 140 Å². The van der Waals surface area contributed by atoms with E-state index in [1.165, 1.54) is 9.24 Å². The van der Waals surface area contributed by atoms with Crippen LogP contribution in [0.2, 0.25) is 0 Å². The maximum atomic E-state index is 13.3. The van der Waals surface area contributed by atoms with Crippen LogP contribution in [0.3, 0.4) is 0 Å². The summed E-state index contributed by atoms with van der Waals surface area (Å²) in [6.45, 7) is -1.55. The molecule has 1 saturated heterocycles. The Hall–Kier alpha value is -3.30. The van der Waals surface area contributed by atoms with Crippen LogP contribution < -0.4 is 11.2 Å². The second-order valence-electron chi connectivity index (χ2n) is 10.5. The van der Waals surface area contributed by atoms with Gasteiger partial charge in [-0.3, -0.25) is 23.8 Å². The summed E-state index contributed by atoms with van der Waals surface area (Å²) in [5.41, 5.74) is 1.43. The van der Waals surface area contributed by atoms with Gasteiger partial charge in [0.1, 0.15) is 6.17 Å². The SMILES string of the molecule is Cc1cn(C2COC(COP(=O)(Cl)N(C)C)CN2C(c2ccccc2)(c2ccccc2)c2ccccc2)c(=O)[nH]c1=O. The van der Waals surface area contributed by atoms with Gasteiger partial charge in [0, 0.05) is 18.3 Å². The summed E-state index contributed by atoms with van der Waals surface area (Å²) in [5.74, 6) is 0. The molecule has 3 aromatic carbocycles. The standard InChI is InChI=1S/C31H34ClN4O5P/c1-23-19-35(30(38)33-29(23)37)28-22-40-27(21-41-42(32,39)34(2)3)20-36(28)31(24-13-7-4-8-14-24,25-15-9-5-10-16-25)26-17-11-6-12-18-26/h4-19,27-28H,20-22H2,1-3H3,(H,33,37,38). The Morgan fingerprint density at radius 2 is 1.45 bits per heavy atom. The Labute approximate surface area is 249 Å². The van der Waals surface area contributed by atoms with Crippen molar-refractivity contribution in [2.24, 2.45) is 0 Å². The third kappa shape index (κ3) is 5.81. The van der Waals surface area contributed by atoms with E-state index in [-0.39, 0.29) is 19.8 Å². The molecule has 220 valence electrons. The Kier molecular flexibility index (Phi) is 8.99. The van der Waals surface area contributed by atoms with Gasteiger partial charge in [0.2, 0.25) is 0 Å². The van der Waals surface area contributed by atoms with Crippen LogP contribution in [0.4, 0.5) is 0 Å². The maximum Gasteiger partial charge on any atom is 0.362 e. The molecule has 0 saturated carbocycles. The maximum absolute atomic E-state index is 13.3. The average Bonchev–Trinajstić information content (AvgIpc) is 3.00. The molecule has 0 radical (unpaired) electrons. The molecule has 2 heterocycles. The Morgan fingerprint density at radius 1 is 0.952 bits per heavy atom. The molecule has 4 aromatic rings. The molecule has 1 aliphatic rings. The van der Waals surface area contributed by atoms with Crippen molar-refractivity contribution in [2.75, 3.05) is 33.9 Å². The van der Waals surface area contributed by atoms with Gasteiger partial charge in [-0.05, 0) is 49.0 Å². The Balaban J connectivity index is 1.76. The highest BCUT2D eigenvalue weighted by molar-refractivity contribution is 7.83. The van der Waals surface area contributed by atoms with Crippen molar-refractivity contribution < 1.29 is 13.8 Å². The zero-order valence-electron chi connectivity index (χ0n) is 23.7. The van der Waals surface area contributed by atoms with E-state index in [0.717, 1.165) is 16.7 Å².